The van der Waals surface area contributed by atoms with Gasteiger partial charge in [0.05, 0.1) is 13.2 Å². The summed E-state index contributed by atoms with van der Waals surface area (Å²) >= 11 is 3.39. The Balaban J connectivity index is 1.90. The Labute approximate surface area is 146 Å². The van der Waals surface area contributed by atoms with Gasteiger partial charge in [-0.3, -0.25) is 9.69 Å². The van der Waals surface area contributed by atoms with Crippen LogP contribution in [0.15, 0.2) is 28.7 Å². The number of nitrogens with zero attached hydrogens (tertiary/aromatic N) is 1. The Bertz CT molecular complexity index is 543. The lowest BCUT2D eigenvalue weighted by Crippen LogP contribution is -2.56. The highest BCUT2D eigenvalue weighted by Gasteiger charge is 2.32. The largest absolute Gasteiger partial charge is 0.378 e. The van der Waals surface area contributed by atoms with Crippen molar-refractivity contribution in [3.8, 4) is 0 Å². The van der Waals surface area contributed by atoms with E-state index in [0.29, 0.717) is 13.2 Å². The molecule has 23 heavy (non-hydrogen) atoms. The highest BCUT2D eigenvalue weighted by molar-refractivity contribution is 9.10. The monoisotopic (exact) mass is 383 g/mol. The summed E-state index contributed by atoms with van der Waals surface area (Å²) in [6.45, 7) is 9.76. The molecular formula is C17H26BrN3O2. The van der Waals surface area contributed by atoms with E-state index in [1.54, 1.807) is 6.92 Å². The quantitative estimate of drug-likeness (QED) is 0.813. The molecule has 1 aromatic rings. The van der Waals surface area contributed by atoms with Crippen LogP contribution in [0.2, 0.25) is 0 Å². The highest BCUT2D eigenvalue weighted by Crippen LogP contribution is 2.21. The number of carbonyl (C=O) groups excluding carboxylic acids is 1. The molecule has 1 amide bonds. The third-order valence-electron chi connectivity index (χ3n) is 4.40. The molecule has 128 valence electrons. The predicted molar refractivity (Wildman–Crippen MR) is 95.2 cm³/mol. The highest BCUT2D eigenvalue weighted by atomic mass is 79.9. The van der Waals surface area contributed by atoms with E-state index in [1.807, 2.05) is 24.3 Å². The van der Waals surface area contributed by atoms with E-state index in [2.05, 4.69) is 40.0 Å². The predicted octanol–water partition coefficient (Wildman–Crippen LogP) is 1.85. The molecule has 1 heterocycles. The third kappa shape index (κ3) is 4.53. The Kier molecular flexibility index (Phi) is 5.84. The summed E-state index contributed by atoms with van der Waals surface area (Å²) in [6.07, 6.45) is 0. The van der Waals surface area contributed by atoms with E-state index >= 15 is 0 Å². The van der Waals surface area contributed by atoms with E-state index in [0.717, 1.165) is 29.7 Å². The molecular weight excluding hydrogens is 358 g/mol. The van der Waals surface area contributed by atoms with Gasteiger partial charge in [-0.05, 0) is 38.5 Å². The summed E-state index contributed by atoms with van der Waals surface area (Å²) in [7, 11) is 0. The fourth-order valence-electron chi connectivity index (χ4n) is 2.72. The maximum atomic E-state index is 12.5. The summed E-state index contributed by atoms with van der Waals surface area (Å²) in [4.78, 5) is 14.8. The number of amides is 1. The number of hydrogen-bond donors (Lipinski definition) is 2. The second-order valence-corrected chi connectivity index (χ2v) is 7.73. The fraction of sp³-hybridized carbons (Fsp3) is 0.588. The van der Waals surface area contributed by atoms with Crippen LogP contribution in [-0.4, -0.2) is 49.2 Å². The molecule has 0 aromatic heterocycles. The van der Waals surface area contributed by atoms with E-state index in [9.17, 15) is 4.79 Å². The number of carbonyl (C=O) groups is 1. The van der Waals surface area contributed by atoms with Gasteiger partial charge in [-0.25, -0.2) is 0 Å². The molecule has 0 spiro atoms. The number of hydrogen-bond acceptors (Lipinski definition) is 4. The van der Waals surface area contributed by atoms with Crippen LogP contribution in [0.4, 0.5) is 0 Å². The van der Waals surface area contributed by atoms with Crippen molar-refractivity contribution in [3.05, 3.63) is 34.3 Å². The number of halogens is 1. The Morgan fingerprint density at radius 1 is 1.43 bits per heavy atom. The lowest BCUT2D eigenvalue weighted by molar-refractivity contribution is -0.126. The van der Waals surface area contributed by atoms with Crippen LogP contribution in [0.3, 0.4) is 0 Å². The average molecular weight is 384 g/mol. The lowest BCUT2D eigenvalue weighted by Gasteiger charge is -2.42. The van der Waals surface area contributed by atoms with Gasteiger partial charge in [0, 0.05) is 29.6 Å². The van der Waals surface area contributed by atoms with Crippen molar-refractivity contribution >= 4 is 21.8 Å². The van der Waals surface area contributed by atoms with Crippen molar-refractivity contribution in [2.75, 3.05) is 32.8 Å². The first-order valence-corrected chi connectivity index (χ1v) is 8.69. The van der Waals surface area contributed by atoms with Crippen LogP contribution in [0, 0.1) is 0 Å². The first kappa shape index (κ1) is 18.4. The van der Waals surface area contributed by atoms with Crippen molar-refractivity contribution in [2.24, 2.45) is 5.73 Å². The van der Waals surface area contributed by atoms with Crippen LogP contribution >= 0.6 is 15.9 Å². The van der Waals surface area contributed by atoms with Gasteiger partial charge in [0.1, 0.15) is 5.54 Å². The zero-order valence-electron chi connectivity index (χ0n) is 14.1. The van der Waals surface area contributed by atoms with Gasteiger partial charge < -0.3 is 15.8 Å². The van der Waals surface area contributed by atoms with E-state index < -0.39 is 5.54 Å². The summed E-state index contributed by atoms with van der Waals surface area (Å²) in [6, 6.07) is 7.53. The van der Waals surface area contributed by atoms with Gasteiger partial charge in [-0.1, -0.05) is 28.1 Å². The van der Waals surface area contributed by atoms with Gasteiger partial charge in [0.15, 0.2) is 0 Å². The Hall–Kier alpha value is -0.950. The molecule has 1 aliphatic heterocycles. The van der Waals surface area contributed by atoms with Crippen LogP contribution in [0.25, 0.3) is 0 Å². The maximum Gasteiger partial charge on any atom is 0.244 e. The summed E-state index contributed by atoms with van der Waals surface area (Å²) in [5.74, 6) is -0.161. The van der Waals surface area contributed by atoms with Crippen molar-refractivity contribution in [1.29, 1.82) is 0 Å². The molecule has 5 nitrogen and oxygen atoms in total. The average Bonchev–Trinajstić information content (AvgIpc) is 2.49. The zero-order chi connectivity index (χ0) is 17.1. The fourth-order valence-corrected chi connectivity index (χ4v) is 2.98. The minimum Gasteiger partial charge on any atom is -0.378 e. The minimum atomic E-state index is -1.04. The number of morpholine rings is 1. The standard InChI is InChI=1S/C17H26BrN3O2/c1-16(2)12-23-11-10-21(16)9-8-20-15(22)17(3,19)13-4-6-14(18)7-5-13/h4-7H,8-12,19H2,1-3H3,(H,20,22). The first-order valence-electron chi connectivity index (χ1n) is 7.89. The van der Waals surface area contributed by atoms with Crippen molar-refractivity contribution in [2.45, 2.75) is 31.8 Å². The number of ether oxygens (including phenoxy) is 1. The van der Waals surface area contributed by atoms with Crippen molar-refractivity contribution < 1.29 is 9.53 Å². The second kappa shape index (κ2) is 7.30. The molecule has 2 rings (SSSR count). The van der Waals surface area contributed by atoms with Crippen LogP contribution in [0.5, 0.6) is 0 Å². The number of nitrogens with one attached hydrogen (secondary N) is 1. The third-order valence-corrected chi connectivity index (χ3v) is 4.93. The number of rotatable bonds is 5. The van der Waals surface area contributed by atoms with Crippen molar-refractivity contribution in [3.63, 3.8) is 0 Å². The van der Waals surface area contributed by atoms with Gasteiger partial charge >= 0.3 is 0 Å². The molecule has 1 atom stereocenters. The maximum absolute atomic E-state index is 12.5. The molecule has 0 saturated carbocycles. The van der Waals surface area contributed by atoms with E-state index in [4.69, 9.17) is 10.5 Å². The van der Waals surface area contributed by atoms with Gasteiger partial charge in [-0.15, -0.1) is 0 Å². The zero-order valence-corrected chi connectivity index (χ0v) is 15.6. The molecule has 1 aliphatic rings. The first-order chi connectivity index (χ1) is 10.7. The molecule has 0 aliphatic carbocycles. The molecule has 0 radical (unpaired) electrons. The van der Waals surface area contributed by atoms with Crippen LogP contribution < -0.4 is 11.1 Å². The van der Waals surface area contributed by atoms with Crippen LogP contribution in [-0.2, 0) is 15.1 Å². The van der Waals surface area contributed by atoms with Gasteiger partial charge in [0.2, 0.25) is 5.91 Å². The minimum absolute atomic E-state index is 0.000697. The molecule has 6 heteroatoms. The van der Waals surface area contributed by atoms with Crippen LogP contribution in [0.1, 0.15) is 26.3 Å². The number of nitrogens with two attached hydrogens (primary N) is 1. The smallest absolute Gasteiger partial charge is 0.244 e. The van der Waals surface area contributed by atoms with E-state index in [-0.39, 0.29) is 11.4 Å². The Morgan fingerprint density at radius 3 is 2.70 bits per heavy atom. The van der Waals surface area contributed by atoms with Gasteiger partial charge in [-0.2, -0.15) is 0 Å². The normalized spacial score (nSPS) is 20.7. The molecule has 1 saturated heterocycles. The molecule has 1 fully saturated rings. The molecule has 0 bridgehead atoms. The molecule has 3 N–H and O–H groups in total. The Morgan fingerprint density at radius 2 is 2.09 bits per heavy atom. The second-order valence-electron chi connectivity index (χ2n) is 6.82. The van der Waals surface area contributed by atoms with E-state index in [1.165, 1.54) is 0 Å². The molecule has 1 unspecified atom stereocenters. The molecule has 1 aromatic carbocycles. The summed E-state index contributed by atoms with van der Waals surface area (Å²) in [5.41, 5.74) is 6.00. The van der Waals surface area contributed by atoms with Crippen molar-refractivity contribution in [1.82, 2.24) is 10.2 Å². The summed E-state index contributed by atoms with van der Waals surface area (Å²) in [5, 5.41) is 2.96. The summed E-state index contributed by atoms with van der Waals surface area (Å²) < 4.78 is 6.48. The van der Waals surface area contributed by atoms with Gasteiger partial charge in [0.25, 0.3) is 0 Å². The topological polar surface area (TPSA) is 67.6 Å². The lowest BCUT2D eigenvalue weighted by atomic mass is 9.92. The SMILES string of the molecule is CC(N)(C(=O)NCCN1CCOCC1(C)C)c1ccc(Br)cc1. The number of benzene rings is 1.